The number of ether oxygens (including phenoxy) is 2. The fraction of sp³-hybridized carbons (Fsp3) is 0.128. The molecule has 6 N–H and O–H groups in total. The van der Waals surface area contributed by atoms with Crippen LogP contribution in [0.4, 0.5) is 4.39 Å². The zero-order chi connectivity index (χ0) is 35.8. The van der Waals surface area contributed by atoms with E-state index in [1.807, 2.05) is 66.7 Å². The van der Waals surface area contributed by atoms with Crippen molar-refractivity contribution in [3.05, 3.63) is 168 Å². The monoisotopic (exact) mass is 688 g/mol. The van der Waals surface area contributed by atoms with Crippen molar-refractivity contribution in [1.82, 2.24) is 20.6 Å². The number of furan rings is 1. The molecule has 6 aromatic rings. The molecule has 0 unspecified atom stereocenters. The van der Waals surface area contributed by atoms with Crippen LogP contribution in [0.25, 0.3) is 0 Å². The van der Waals surface area contributed by atoms with Crippen LogP contribution < -0.4 is 31.6 Å². The van der Waals surface area contributed by atoms with Crippen molar-refractivity contribution < 1.29 is 27.9 Å². The summed E-state index contributed by atoms with van der Waals surface area (Å²) in [5.41, 5.74) is 14.3. The van der Waals surface area contributed by atoms with Crippen molar-refractivity contribution in [1.29, 1.82) is 0 Å². The highest BCUT2D eigenvalue weighted by molar-refractivity contribution is 5.95. The molecule has 12 heteroatoms. The third-order valence-corrected chi connectivity index (χ3v) is 7.41. The number of nitrogens with two attached hydrogens (primary N) is 2. The molecule has 51 heavy (non-hydrogen) atoms. The summed E-state index contributed by atoms with van der Waals surface area (Å²) in [6.07, 6.45) is 8.28. The van der Waals surface area contributed by atoms with Crippen LogP contribution in [-0.2, 0) is 26.1 Å². The number of hydrogen-bond donors (Lipinski definition) is 4. The SMILES string of the molecule is NC(=O)c1cnccc1Oc1ccc(CNCCc2cccc(F)c2)cc1.NC(=O)c1cnccc1Oc1ccc(CNCc2ccco2)cc1. The zero-order valence-corrected chi connectivity index (χ0v) is 27.6. The third kappa shape index (κ3) is 11.3. The lowest BCUT2D eigenvalue weighted by atomic mass is 10.1. The van der Waals surface area contributed by atoms with E-state index < -0.39 is 11.8 Å². The van der Waals surface area contributed by atoms with Crippen molar-refractivity contribution in [3.63, 3.8) is 0 Å². The first kappa shape index (κ1) is 35.9. The van der Waals surface area contributed by atoms with E-state index >= 15 is 0 Å². The van der Waals surface area contributed by atoms with Crippen molar-refractivity contribution in [2.75, 3.05) is 6.54 Å². The van der Waals surface area contributed by atoms with Gasteiger partial charge in [-0.25, -0.2) is 4.39 Å². The topological polar surface area (TPSA) is 168 Å². The summed E-state index contributed by atoms with van der Waals surface area (Å²) in [4.78, 5) is 30.5. The van der Waals surface area contributed by atoms with Crippen LogP contribution in [0.5, 0.6) is 23.0 Å². The first-order valence-corrected chi connectivity index (χ1v) is 16.0. The predicted molar refractivity (Wildman–Crippen MR) is 190 cm³/mol. The molecule has 11 nitrogen and oxygen atoms in total. The Bertz CT molecular complexity index is 2000. The van der Waals surface area contributed by atoms with E-state index in [2.05, 4.69) is 20.6 Å². The van der Waals surface area contributed by atoms with Crippen LogP contribution >= 0.6 is 0 Å². The number of pyridine rings is 2. The zero-order valence-electron chi connectivity index (χ0n) is 27.6. The van der Waals surface area contributed by atoms with Gasteiger partial charge in [-0.05, 0) is 90.3 Å². The average Bonchev–Trinajstić information content (AvgIpc) is 3.66. The Hall–Kier alpha value is -6.37. The number of primary amides is 2. The maximum absolute atomic E-state index is 13.1. The van der Waals surface area contributed by atoms with Gasteiger partial charge in [0.2, 0.25) is 0 Å². The molecule has 0 fully saturated rings. The number of carbonyl (C=O) groups excluding carboxylic acids is 2. The molecule has 2 amide bonds. The molecule has 6 rings (SSSR count). The van der Waals surface area contributed by atoms with Crippen LogP contribution in [-0.4, -0.2) is 28.3 Å². The molecule has 3 heterocycles. The lowest BCUT2D eigenvalue weighted by Crippen LogP contribution is -2.16. The highest BCUT2D eigenvalue weighted by Gasteiger charge is 2.11. The smallest absolute Gasteiger partial charge is 0.254 e. The average molecular weight is 689 g/mol. The van der Waals surface area contributed by atoms with E-state index in [4.69, 9.17) is 25.4 Å². The minimum absolute atomic E-state index is 0.211. The van der Waals surface area contributed by atoms with Crippen molar-refractivity contribution in [2.45, 2.75) is 26.1 Å². The summed E-state index contributed by atoms with van der Waals surface area (Å²) >= 11 is 0. The lowest BCUT2D eigenvalue weighted by molar-refractivity contribution is 0.0989. The number of halogens is 1. The van der Waals surface area contributed by atoms with Crippen LogP contribution in [0.3, 0.4) is 0 Å². The fourth-order valence-electron chi connectivity index (χ4n) is 4.82. The van der Waals surface area contributed by atoms with Crippen molar-refractivity contribution >= 4 is 11.8 Å². The minimum Gasteiger partial charge on any atom is -0.468 e. The second-order valence-corrected chi connectivity index (χ2v) is 11.2. The molecular formula is C39H37FN6O5. The van der Waals surface area contributed by atoms with Gasteiger partial charge in [-0.2, -0.15) is 0 Å². The number of carbonyl (C=O) groups is 2. The van der Waals surface area contributed by atoms with E-state index in [9.17, 15) is 14.0 Å². The second-order valence-electron chi connectivity index (χ2n) is 11.2. The van der Waals surface area contributed by atoms with Gasteiger partial charge >= 0.3 is 0 Å². The molecule has 0 aliphatic rings. The fourth-order valence-corrected chi connectivity index (χ4v) is 4.82. The van der Waals surface area contributed by atoms with E-state index in [0.717, 1.165) is 35.4 Å². The number of nitrogens with zero attached hydrogens (tertiary/aromatic N) is 2. The maximum atomic E-state index is 13.1. The number of benzene rings is 3. The Labute approximate surface area is 294 Å². The van der Waals surface area contributed by atoms with E-state index in [1.54, 1.807) is 42.9 Å². The Kier molecular flexibility index (Phi) is 13.0. The van der Waals surface area contributed by atoms with Crippen molar-refractivity contribution in [3.8, 4) is 23.0 Å². The van der Waals surface area contributed by atoms with Gasteiger partial charge in [0.25, 0.3) is 11.8 Å². The molecule has 0 aliphatic heterocycles. The molecule has 0 saturated carbocycles. The number of amides is 2. The first-order valence-electron chi connectivity index (χ1n) is 16.0. The molecule has 3 aromatic carbocycles. The van der Waals surface area contributed by atoms with Crippen LogP contribution in [0, 0.1) is 5.82 Å². The van der Waals surface area contributed by atoms with E-state index in [-0.39, 0.29) is 16.9 Å². The Morgan fingerprint density at radius 3 is 1.75 bits per heavy atom. The predicted octanol–water partition coefficient (Wildman–Crippen LogP) is 6.30. The molecule has 260 valence electrons. The number of aromatic nitrogens is 2. The lowest BCUT2D eigenvalue weighted by Gasteiger charge is -2.10. The van der Waals surface area contributed by atoms with E-state index in [1.165, 1.54) is 18.5 Å². The molecule has 3 aromatic heterocycles. The van der Waals surface area contributed by atoms with Gasteiger partial charge in [0, 0.05) is 37.9 Å². The second kappa shape index (κ2) is 18.4. The van der Waals surface area contributed by atoms with Gasteiger partial charge in [0.05, 0.1) is 12.8 Å². The molecule has 0 aliphatic carbocycles. The van der Waals surface area contributed by atoms with Crippen LogP contribution in [0.1, 0.15) is 43.2 Å². The highest BCUT2D eigenvalue weighted by Crippen LogP contribution is 2.26. The summed E-state index contributed by atoms with van der Waals surface area (Å²) in [7, 11) is 0. The van der Waals surface area contributed by atoms with Crippen LogP contribution in [0.2, 0.25) is 0 Å². The summed E-state index contributed by atoms with van der Waals surface area (Å²) in [6, 6.07) is 28.8. The standard InChI is InChI=1S/C21H20FN3O2.C18H17N3O3/c22-17-3-1-2-15(12-17)8-10-24-13-16-4-6-18(7-5-16)27-20-9-11-25-14-19(20)21(23)26;19-18(22)16-12-20-8-7-17(16)24-14-5-3-13(4-6-14)10-21-11-15-2-1-9-23-15/h1-7,9,11-12,14,24H,8,10,13H2,(H2,23,26);1-9,12,21H,10-11H2,(H2,19,22). The van der Waals surface area contributed by atoms with Crippen LogP contribution in [0.15, 0.2) is 133 Å². The van der Waals surface area contributed by atoms with Gasteiger partial charge in [0.15, 0.2) is 0 Å². The van der Waals surface area contributed by atoms with Gasteiger partial charge in [-0.15, -0.1) is 0 Å². The normalized spacial score (nSPS) is 10.5. The summed E-state index contributed by atoms with van der Waals surface area (Å²) in [5, 5.41) is 6.62. The number of rotatable bonds is 15. The van der Waals surface area contributed by atoms with Gasteiger partial charge in [-0.1, -0.05) is 36.4 Å². The van der Waals surface area contributed by atoms with Gasteiger partial charge in [0.1, 0.15) is 45.7 Å². The molecule has 0 atom stereocenters. The summed E-state index contributed by atoms with van der Waals surface area (Å²) in [6.45, 7) is 2.82. The van der Waals surface area contributed by atoms with Gasteiger partial charge in [-0.3, -0.25) is 19.6 Å². The maximum Gasteiger partial charge on any atom is 0.254 e. The molecule has 0 radical (unpaired) electrons. The van der Waals surface area contributed by atoms with Crippen molar-refractivity contribution in [2.24, 2.45) is 11.5 Å². The quantitative estimate of drug-likeness (QED) is 0.0906. The summed E-state index contributed by atoms with van der Waals surface area (Å²) < 4.78 is 29.8. The van der Waals surface area contributed by atoms with E-state index in [0.29, 0.717) is 42.6 Å². The third-order valence-electron chi connectivity index (χ3n) is 7.41. The number of nitrogens with one attached hydrogen (secondary N) is 2. The molecular weight excluding hydrogens is 651 g/mol. The number of hydrogen-bond acceptors (Lipinski definition) is 9. The first-order chi connectivity index (χ1) is 24.8. The summed E-state index contributed by atoms with van der Waals surface area (Å²) in [5.74, 6) is 1.52. The van der Waals surface area contributed by atoms with Gasteiger partial charge < -0.3 is 36.0 Å². The largest absolute Gasteiger partial charge is 0.468 e. The Morgan fingerprint density at radius 1 is 0.667 bits per heavy atom. The Morgan fingerprint density at radius 2 is 1.24 bits per heavy atom. The molecule has 0 spiro atoms. The highest BCUT2D eigenvalue weighted by atomic mass is 19.1. The Balaban J connectivity index is 0.000000199. The molecule has 0 bridgehead atoms. The molecule has 0 saturated heterocycles. The minimum atomic E-state index is -0.586.